The fraction of sp³-hybridized carbons (Fsp3) is 0.333. The average Bonchev–Trinajstić information content (AvgIpc) is 3.41. The van der Waals surface area contributed by atoms with Gasteiger partial charge in [0.05, 0.1) is 25.1 Å². The van der Waals surface area contributed by atoms with E-state index in [4.69, 9.17) is 10.5 Å². The lowest BCUT2D eigenvalue weighted by molar-refractivity contribution is -0.133. The van der Waals surface area contributed by atoms with Gasteiger partial charge < -0.3 is 30.6 Å². The van der Waals surface area contributed by atoms with Crippen LogP contribution in [0.3, 0.4) is 0 Å². The fourth-order valence-corrected chi connectivity index (χ4v) is 4.24. The number of anilines is 1. The summed E-state index contributed by atoms with van der Waals surface area (Å²) in [5.41, 5.74) is 6.50. The highest BCUT2D eigenvalue weighted by molar-refractivity contribution is 5.98. The molecular weight excluding hydrogens is 508 g/mol. The highest BCUT2D eigenvalue weighted by atomic mass is 16.5. The van der Waals surface area contributed by atoms with Gasteiger partial charge in [0.1, 0.15) is 12.1 Å². The van der Waals surface area contributed by atoms with Crippen LogP contribution in [0.1, 0.15) is 37.4 Å². The van der Waals surface area contributed by atoms with Gasteiger partial charge in [0, 0.05) is 19.3 Å². The van der Waals surface area contributed by atoms with Crippen molar-refractivity contribution >= 4 is 23.5 Å². The van der Waals surface area contributed by atoms with Crippen LogP contribution in [-0.2, 0) is 25.7 Å². The molecule has 2 heterocycles. The first kappa shape index (κ1) is 28.7. The number of hydrogen-bond acceptors (Lipinski definition) is 6. The average molecular weight is 545 g/mol. The zero-order valence-electron chi connectivity index (χ0n) is 22.8. The molecule has 10 nitrogen and oxygen atoms in total. The highest BCUT2D eigenvalue weighted by Gasteiger charge is 2.30. The van der Waals surface area contributed by atoms with Gasteiger partial charge in [-0.15, -0.1) is 0 Å². The van der Waals surface area contributed by atoms with Crippen LogP contribution in [-0.4, -0.2) is 63.4 Å². The molecule has 4 N–H and O–H groups in total. The second kappa shape index (κ2) is 13.2. The first-order valence-electron chi connectivity index (χ1n) is 13.3. The lowest BCUT2D eigenvalue weighted by Crippen LogP contribution is -2.56. The fourth-order valence-electron chi connectivity index (χ4n) is 4.24. The van der Waals surface area contributed by atoms with Crippen molar-refractivity contribution in [3.63, 3.8) is 0 Å². The molecule has 1 aliphatic heterocycles. The summed E-state index contributed by atoms with van der Waals surface area (Å²) < 4.78 is 7.45. The van der Waals surface area contributed by atoms with Gasteiger partial charge in [0.15, 0.2) is 5.82 Å². The number of nitrogens with one attached hydrogen (secondary N) is 2. The van der Waals surface area contributed by atoms with Crippen molar-refractivity contribution in [2.45, 2.75) is 44.5 Å². The number of hydrogen-bond donors (Lipinski definition) is 3. The van der Waals surface area contributed by atoms with E-state index in [-0.39, 0.29) is 24.9 Å². The van der Waals surface area contributed by atoms with Gasteiger partial charge in [-0.05, 0) is 31.4 Å². The number of nitrogens with two attached hydrogens (primary N) is 1. The van der Waals surface area contributed by atoms with Crippen LogP contribution in [0.2, 0.25) is 0 Å². The predicted molar refractivity (Wildman–Crippen MR) is 152 cm³/mol. The zero-order chi connectivity index (χ0) is 28.5. The number of benzene rings is 2. The van der Waals surface area contributed by atoms with E-state index in [9.17, 15) is 14.4 Å². The van der Waals surface area contributed by atoms with E-state index < -0.39 is 29.4 Å². The van der Waals surface area contributed by atoms with E-state index in [2.05, 4.69) is 21.7 Å². The Hall–Kier alpha value is -4.28. The molecule has 210 valence electrons. The molecule has 0 saturated carbocycles. The second-order valence-corrected chi connectivity index (χ2v) is 10.3. The standard InChI is InChI=1S/C30H36N6O4/c1-30(2,31)29(39)33-24(20-40-19-22-12-6-3-7-13-22)27(37)34-25-18-36(21-32-25)26(23-14-8-4-9-15-23)28(38)35-16-10-5-11-17-35/h3-10,12-15,18,21,24,26H,11,16-17,19-20,31H2,1-2H3,(H,33,39)(H,34,37)/t24-,26?/m1/s1. The highest BCUT2D eigenvalue weighted by Crippen LogP contribution is 2.23. The number of carbonyl (C=O) groups is 3. The number of amides is 3. The van der Waals surface area contributed by atoms with Crippen LogP contribution >= 0.6 is 0 Å². The van der Waals surface area contributed by atoms with Crippen LogP contribution < -0.4 is 16.4 Å². The predicted octanol–water partition coefficient (Wildman–Crippen LogP) is 2.64. The van der Waals surface area contributed by atoms with Crippen molar-refractivity contribution in [3.8, 4) is 0 Å². The third kappa shape index (κ3) is 7.64. The summed E-state index contributed by atoms with van der Waals surface area (Å²) >= 11 is 0. The van der Waals surface area contributed by atoms with Gasteiger partial charge in [-0.3, -0.25) is 14.4 Å². The van der Waals surface area contributed by atoms with Crippen LogP contribution in [0, 0.1) is 0 Å². The molecule has 2 aromatic carbocycles. The summed E-state index contributed by atoms with van der Waals surface area (Å²) in [6.45, 7) is 4.50. The number of nitrogens with zero attached hydrogens (tertiary/aromatic N) is 3. The molecule has 0 spiro atoms. The van der Waals surface area contributed by atoms with Gasteiger partial charge in [0.2, 0.25) is 5.91 Å². The van der Waals surface area contributed by atoms with E-state index >= 15 is 0 Å². The molecule has 0 aliphatic carbocycles. The molecule has 2 atom stereocenters. The third-order valence-corrected chi connectivity index (χ3v) is 6.47. The van der Waals surface area contributed by atoms with Crippen LogP contribution in [0.25, 0.3) is 0 Å². The Morgan fingerprint density at radius 3 is 2.40 bits per heavy atom. The van der Waals surface area contributed by atoms with Gasteiger partial charge in [-0.25, -0.2) is 4.98 Å². The number of imidazole rings is 1. The van der Waals surface area contributed by atoms with E-state index in [1.165, 1.54) is 6.33 Å². The summed E-state index contributed by atoms with van der Waals surface area (Å²) in [6.07, 6.45) is 7.99. The molecule has 0 radical (unpaired) electrons. The first-order chi connectivity index (χ1) is 19.2. The van der Waals surface area contributed by atoms with Crippen molar-refractivity contribution in [2.24, 2.45) is 5.73 Å². The minimum Gasteiger partial charge on any atom is -0.374 e. The van der Waals surface area contributed by atoms with Gasteiger partial charge >= 0.3 is 0 Å². The second-order valence-electron chi connectivity index (χ2n) is 10.3. The summed E-state index contributed by atoms with van der Waals surface area (Å²) in [7, 11) is 0. The maximum absolute atomic E-state index is 13.6. The molecular formula is C30H36N6O4. The number of aromatic nitrogens is 2. The number of carbonyl (C=O) groups excluding carboxylic acids is 3. The monoisotopic (exact) mass is 544 g/mol. The molecule has 0 bridgehead atoms. The SMILES string of the molecule is CC(C)(N)C(=O)N[C@H](COCc1ccccc1)C(=O)Nc1cn(C(C(=O)N2CC=CCC2)c2ccccc2)cn1. The Balaban J connectivity index is 1.49. The van der Waals surface area contributed by atoms with Gasteiger partial charge in [-0.2, -0.15) is 0 Å². The molecule has 4 rings (SSSR count). The largest absolute Gasteiger partial charge is 0.374 e. The first-order valence-corrected chi connectivity index (χ1v) is 13.3. The van der Waals surface area contributed by atoms with Crippen LogP contribution in [0.4, 0.5) is 5.82 Å². The molecule has 0 saturated heterocycles. The zero-order valence-corrected chi connectivity index (χ0v) is 22.8. The molecule has 3 amide bonds. The molecule has 0 fully saturated rings. The summed E-state index contributed by atoms with van der Waals surface area (Å²) in [5, 5.41) is 5.43. The molecule has 3 aromatic rings. The van der Waals surface area contributed by atoms with Crippen molar-refractivity contribution in [1.82, 2.24) is 19.8 Å². The van der Waals surface area contributed by atoms with Crippen molar-refractivity contribution in [2.75, 3.05) is 25.0 Å². The maximum atomic E-state index is 13.6. The summed E-state index contributed by atoms with van der Waals surface area (Å²) in [5.74, 6) is -0.825. The Bertz CT molecular complexity index is 1320. The Labute approximate surface area is 234 Å². The molecule has 1 aliphatic rings. The minimum absolute atomic E-state index is 0.0598. The van der Waals surface area contributed by atoms with E-state index in [1.54, 1.807) is 29.5 Å². The Kier molecular flexibility index (Phi) is 9.47. The van der Waals surface area contributed by atoms with Crippen molar-refractivity contribution in [3.05, 3.63) is 96.5 Å². The number of rotatable bonds is 11. The van der Waals surface area contributed by atoms with Gasteiger partial charge in [-0.1, -0.05) is 72.8 Å². The van der Waals surface area contributed by atoms with Crippen molar-refractivity contribution < 1.29 is 19.1 Å². The quantitative estimate of drug-likeness (QED) is 0.318. The smallest absolute Gasteiger partial charge is 0.250 e. The molecule has 1 unspecified atom stereocenters. The molecule has 40 heavy (non-hydrogen) atoms. The van der Waals surface area contributed by atoms with Crippen LogP contribution in [0.5, 0.6) is 0 Å². The maximum Gasteiger partial charge on any atom is 0.250 e. The lowest BCUT2D eigenvalue weighted by atomic mass is 10.0. The third-order valence-electron chi connectivity index (χ3n) is 6.47. The Morgan fingerprint density at radius 1 is 1.05 bits per heavy atom. The minimum atomic E-state index is -1.19. The van der Waals surface area contributed by atoms with E-state index in [0.29, 0.717) is 13.1 Å². The van der Waals surface area contributed by atoms with Gasteiger partial charge in [0.25, 0.3) is 11.8 Å². The van der Waals surface area contributed by atoms with Crippen LogP contribution in [0.15, 0.2) is 85.3 Å². The molecule has 10 heteroatoms. The van der Waals surface area contributed by atoms with E-state index in [0.717, 1.165) is 17.5 Å². The topological polar surface area (TPSA) is 132 Å². The Morgan fingerprint density at radius 2 is 1.75 bits per heavy atom. The normalized spacial score (nSPS) is 14.8. The van der Waals surface area contributed by atoms with E-state index in [1.807, 2.05) is 66.7 Å². The summed E-state index contributed by atoms with van der Waals surface area (Å²) in [4.78, 5) is 45.6. The van der Waals surface area contributed by atoms with Crippen molar-refractivity contribution in [1.29, 1.82) is 0 Å². The number of ether oxygens (including phenoxy) is 1. The lowest BCUT2D eigenvalue weighted by Gasteiger charge is -2.29. The molecule has 1 aromatic heterocycles. The summed E-state index contributed by atoms with van der Waals surface area (Å²) in [6, 6.07) is 17.3.